The van der Waals surface area contributed by atoms with Crippen LogP contribution in [0.2, 0.25) is 0 Å². The lowest BCUT2D eigenvalue weighted by atomic mass is 10.1. The van der Waals surface area contributed by atoms with E-state index in [1.54, 1.807) is 0 Å². The maximum Gasteiger partial charge on any atom is 0.303 e. The number of hydrogen-bond acceptors (Lipinski definition) is 5. The van der Waals surface area contributed by atoms with Crippen molar-refractivity contribution in [2.75, 3.05) is 19.8 Å². The third kappa shape index (κ3) is 39.8. The number of aliphatic carboxylic acids is 2. The lowest BCUT2D eigenvalue weighted by Gasteiger charge is -2.07. The minimum absolute atomic E-state index is 0.0104. The second-order valence-electron chi connectivity index (χ2n) is 7.92. The molecule has 7 nitrogen and oxygen atoms in total. The number of aliphatic hydroxyl groups is 3. The largest absolute Gasteiger partial charge is 0.481 e. The van der Waals surface area contributed by atoms with Gasteiger partial charge in [0.2, 0.25) is 0 Å². The number of aliphatic hydroxyl groups excluding tert-OH is 3. The van der Waals surface area contributed by atoms with Crippen LogP contribution in [-0.2, 0) is 9.59 Å². The summed E-state index contributed by atoms with van der Waals surface area (Å²) in [5.74, 6) is -1.38. The van der Waals surface area contributed by atoms with E-state index in [9.17, 15) is 9.59 Å². The normalized spacial score (nSPS) is 10.1. The van der Waals surface area contributed by atoms with Crippen molar-refractivity contribution >= 4 is 11.9 Å². The lowest BCUT2D eigenvalue weighted by Crippen LogP contribution is -2.11. The summed E-state index contributed by atoms with van der Waals surface area (Å²) in [4.78, 5) is 20.2. The van der Waals surface area contributed by atoms with Gasteiger partial charge in [-0.25, -0.2) is 0 Å². The summed E-state index contributed by atoms with van der Waals surface area (Å²) in [5.41, 5.74) is 0. The van der Waals surface area contributed by atoms with Gasteiger partial charge in [0, 0.05) is 38.6 Å². The molecule has 0 unspecified atom stereocenters. The van der Waals surface area contributed by atoms with E-state index in [0.717, 1.165) is 25.7 Å². The van der Waals surface area contributed by atoms with Crippen LogP contribution in [0.4, 0.5) is 0 Å². The Kier molecular flexibility index (Phi) is 34.4. The van der Waals surface area contributed by atoms with E-state index in [2.05, 4.69) is 13.8 Å². The summed E-state index contributed by atoms with van der Waals surface area (Å²) in [7, 11) is 0. The van der Waals surface area contributed by atoms with Gasteiger partial charge < -0.3 is 25.5 Å². The second kappa shape index (κ2) is 31.0. The minimum atomic E-state index is -0.670. The molecular formula is C24H50O7. The Balaban J connectivity index is -0.000000384. The molecule has 0 heterocycles. The first kappa shape index (κ1) is 34.4. The maximum atomic E-state index is 10.1. The average molecular weight is 451 g/mol. The third-order valence-corrected chi connectivity index (χ3v) is 4.78. The first-order chi connectivity index (χ1) is 14.9. The fraction of sp³-hybridized carbons (Fsp3) is 0.917. The van der Waals surface area contributed by atoms with Gasteiger partial charge in [0.05, 0.1) is 0 Å². The number of hydrogen-bond donors (Lipinski definition) is 5. The van der Waals surface area contributed by atoms with Crippen LogP contribution in [0, 0.1) is 5.92 Å². The number of carboxylic acid groups (broad SMARTS) is 2. The van der Waals surface area contributed by atoms with Crippen LogP contribution < -0.4 is 0 Å². The zero-order valence-electron chi connectivity index (χ0n) is 20.1. The van der Waals surface area contributed by atoms with Gasteiger partial charge in [0.1, 0.15) is 0 Å². The molecule has 5 N–H and O–H groups in total. The average Bonchev–Trinajstić information content (AvgIpc) is 2.74. The summed E-state index contributed by atoms with van der Waals surface area (Å²) in [5, 5.41) is 42.0. The molecule has 0 aromatic rings. The topological polar surface area (TPSA) is 135 Å². The molecule has 0 radical (unpaired) electrons. The van der Waals surface area contributed by atoms with Gasteiger partial charge in [0.25, 0.3) is 0 Å². The quantitative estimate of drug-likeness (QED) is 0.175. The predicted octanol–water partition coefficient (Wildman–Crippen LogP) is 5.00. The molecule has 0 bridgehead atoms. The van der Waals surface area contributed by atoms with E-state index in [-0.39, 0.29) is 25.7 Å². The molecule has 0 aliphatic carbocycles. The highest BCUT2D eigenvalue weighted by molar-refractivity contribution is 5.66. The Bertz CT molecular complexity index is 358. The summed E-state index contributed by atoms with van der Waals surface area (Å²) in [6, 6.07) is 0. The maximum absolute atomic E-state index is 10.1. The molecular weight excluding hydrogens is 400 g/mol. The smallest absolute Gasteiger partial charge is 0.303 e. The molecule has 0 spiro atoms. The molecule has 0 aliphatic heterocycles. The van der Waals surface area contributed by atoms with E-state index < -0.39 is 11.9 Å². The van der Waals surface area contributed by atoms with E-state index in [1.807, 2.05) is 0 Å². The molecule has 0 aliphatic rings. The van der Waals surface area contributed by atoms with Crippen LogP contribution in [0.1, 0.15) is 117 Å². The Morgan fingerprint density at radius 2 is 0.935 bits per heavy atom. The van der Waals surface area contributed by atoms with Gasteiger partial charge in [-0.15, -0.1) is 0 Å². The summed E-state index contributed by atoms with van der Waals surface area (Å²) < 4.78 is 0. The van der Waals surface area contributed by atoms with Crippen LogP contribution in [0.15, 0.2) is 0 Å². The fourth-order valence-electron chi connectivity index (χ4n) is 2.73. The zero-order valence-corrected chi connectivity index (χ0v) is 20.1. The van der Waals surface area contributed by atoms with E-state index in [1.165, 1.54) is 51.4 Å². The molecule has 0 saturated carbocycles. The standard InChI is InChI=1S/C10H20O2.C8H16O2.C6H14O3/c1-2-3-4-5-6-7-8-9-10(11)12;1-2-3-4-5-6-7-8(9)10;7-3-1-2-6(4-8)5-9/h2-9H2,1H3,(H,11,12);2-7H2,1H3,(H,9,10);6-9H,1-5H2. The van der Waals surface area contributed by atoms with E-state index in [0.29, 0.717) is 25.7 Å². The van der Waals surface area contributed by atoms with Crippen LogP contribution in [-0.4, -0.2) is 57.3 Å². The SMILES string of the molecule is CCCCCCCC(=O)O.CCCCCCCCCC(=O)O.OCCCC(CO)CO. The molecule has 0 saturated heterocycles. The van der Waals surface area contributed by atoms with Gasteiger partial charge in [-0.05, 0) is 25.7 Å². The second-order valence-corrected chi connectivity index (χ2v) is 7.92. The molecule has 0 amide bonds. The van der Waals surface area contributed by atoms with Gasteiger partial charge in [-0.1, -0.05) is 78.1 Å². The van der Waals surface area contributed by atoms with Crippen LogP contribution in [0.3, 0.4) is 0 Å². The number of unbranched alkanes of at least 4 members (excludes halogenated alkanes) is 10. The molecule has 188 valence electrons. The fourth-order valence-corrected chi connectivity index (χ4v) is 2.73. The molecule has 7 heteroatoms. The van der Waals surface area contributed by atoms with Crippen molar-refractivity contribution in [1.29, 1.82) is 0 Å². The number of carboxylic acids is 2. The van der Waals surface area contributed by atoms with Crippen LogP contribution in [0.5, 0.6) is 0 Å². The van der Waals surface area contributed by atoms with Crippen molar-refractivity contribution in [2.45, 2.75) is 117 Å². The van der Waals surface area contributed by atoms with Crippen molar-refractivity contribution in [3.05, 3.63) is 0 Å². The van der Waals surface area contributed by atoms with Gasteiger partial charge in [-0.3, -0.25) is 9.59 Å². The Labute approximate surface area is 189 Å². The van der Waals surface area contributed by atoms with Crippen LogP contribution >= 0.6 is 0 Å². The third-order valence-electron chi connectivity index (χ3n) is 4.78. The molecule has 31 heavy (non-hydrogen) atoms. The van der Waals surface area contributed by atoms with E-state index in [4.69, 9.17) is 25.5 Å². The van der Waals surface area contributed by atoms with Crippen molar-refractivity contribution in [1.82, 2.24) is 0 Å². The van der Waals surface area contributed by atoms with Crippen molar-refractivity contribution in [3.63, 3.8) is 0 Å². The van der Waals surface area contributed by atoms with Gasteiger partial charge in [0.15, 0.2) is 0 Å². The highest BCUT2D eigenvalue weighted by Crippen LogP contribution is 2.08. The Hall–Kier alpha value is -1.18. The van der Waals surface area contributed by atoms with Crippen molar-refractivity contribution in [2.24, 2.45) is 5.92 Å². The first-order valence-electron chi connectivity index (χ1n) is 12.2. The Morgan fingerprint density at radius 3 is 1.23 bits per heavy atom. The van der Waals surface area contributed by atoms with Gasteiger partial charge in [-0.2, -0.15) is 0 Å². The molecule has 0 rings (SSSR count). The summed E-state index contributed by atoms with van der Waals surface area (Å²) in [6.07, 6.45) is 15.9. The lowest BCUT2D eigenvalue weighted by molar-refractivity contribution is -0.138. The Morgan fingerprint density at radius 1 is 0.581 bits per heavy atom. The van der Waals surface area contributed by atoms with Crippen LogP contribution in [0.25, 0.3) is 0 Å². The number of carbonyl (C=O) groups is 2. The van der Waals surface area contributed by atoms with E-state index >= 15 is 0 Å². The zero-order chi connectivity index (χ0) is 24.2. The summed E-state index contributed by atoms with van der Waals surface area (Å²) in [6.45, 7) is 4.51. The van der Waals surface area contributed by atoms with Crippen molar-refractivity contribution < 1.29 is 35.1 Å². The summed E-state index contributed by atoms with van der Waals surface area (Å²) >= 11 is 0. The first-order valence-corrected chi connectivity index (χ1v) is 12.2. The highest BCUT2D eigenvalue weighted by atomic mass is 16.4. The highest BCUT2D eigenvalue weighted by Gasteiger charge is 2.03. The minimum Gasteiger partial charge on any atom is -0.481 e. The molecule has 0 fully saturated rings. The predicted molar refractivity (Wildman–Crippen MR) is 125 cm³/mol. The van der Waals surface area contributed by atoms with Gasteiger partial charge >= 0.3 is 11.9 Å². The number of rotatable bonds is 19. The molecule has 0 aromatic carbocycles. The molecule has 0 atom stereocenters. The molecule has 0 aromatic heterocycles. The monoisotopic (exact) mass is 450 g/mol. The van der Waals surface area contributed by atoms with Crippen molar-refractivity contribution in [3.8, 4) is 0 Å².